The zero-order valence-corrected chi connectivity index (χ0v) is 8.08. The minimum absolute atomic E-state index is 0.185. The Morgan fingerprint density at radius 2 is 1.71 bits per heavy atom. The summed E-state index contributed by atoms with van der Waals surface area (Å²) in [5.74, 6) is 0. The maximum atomic E-state index is 10.9. The number of hydrogen-bond acceptors (Lipinski definition) is 1. The lowest BCUT2D eigenvalue weighted by Gasteiger charge is -2.02. The van der Waals surface area contributed by atoms with Crippen molar-refractivity contribution in [1.29, 1.82) is 0 Å². The van der Waals surface area contributed by atoms with Gasteiger partial charge in [0.1, 0.15) is 5.15 Å². The van der Waals surface area contributed by atoms with Crippen molar-refractivity contribution in [2.45, 2.75) is 0 Å². The fraction of sp³-hybridized carbons (Fsp3) is 0. The van der Waals surface area contributed by atoms with Crippen molar-refractivity contribution >= 4 is 11.6 Å². The van der Waals surface area contributed by atoms with E-state index in [9.17, 15) is 4.79 Å². The van der Waals surface area contributed by atoms with E-state index in [-0.39, 0.29) is 5.56 Å². The van der Waals surface area contributed by atoms with Crippen molar-refractivity contribution in [2.24, 2.45) is 0 Å². The lowest BCUT2D eigenvalue weighted by molar-refractivity contribution is 1.24. The van der Waals surface area contributed by atoms with Gasteiger partial charge in [0, 0.05) is 11.6 Å². The Hall–Kier alpha value is -1.54. The molecule has 0 amide bonds. The maximum absolute atomic E-state index is 10.9. The molecule has 0 radical (unpaired) electrons. The van der Waals surface area contributed by atoms with E-state index in [0.717, 1.165) is 11.1 Å². The Morgan fingerprint density at radius 3 is 2.36 bits per heavy atom. The number of H-pyrrole nitrogens is 1. The zero-order valence-electron chi connectivity index (χ0n) is 7.33. The van der Waals surface area contributed by atoms with E-state index < -0.39 is 0 Å². The molecule has 3 heteroatoms. The van der Waals surface area contributed by atoms with E-state index in [1.54, 1.807) is 6.07 Å². The summed E-state index contributed by atoms with van der Waals surface area (Å²) < 4.78 is 0. The smallest absolute Gasteiger partial charge is 0.249 e. The van der Waals surface area contributed by atoms with Gasteiger partial charge in [-0.05, 0) is 11.6 Å². The van der Waals surface area contributed by atoms with Gasteiger partial charge in [0.05, 0.1) is 0 Å². The fourth-order valence-electron chi connectivity index (χ4n) is 1.29. The summed E-state index contributed by atoms with van der Waals surface area (Å²) in [7, 11) is 0. The Balaban J connectivity index is 2.58. The third kappa shape index (κ3) is 1.70. The molecule has 0 aliphatic rings. The van der Waals surface area contributed by atoms with Gasteiger partial charge in [0.15, 0.2) is 0 Å². The molecule has 70 valence electrons. The second-order valence-corrected chi connectivity index (χ2v) is 3.29. The number of halogens is 1. The third-order valence-electron chi connectivity index (χ3n) is 1.96. The fourth-order valence-corrected chi connectivity index (χ4v) is 1.56. The summed E-state index contributed by atoms with van der Waals surface area (Å²) in [4.78, 5) is 13.5. The van der Waals surface area contributed by atoms with Crippen molar-refractivity contribution in [1.82, 2.24) is 4.98 Å². The first-order valence-electron chi connectivity index (χ1n) is 4.21. The molecule has 0 saturated heterocycles. The van der Waals surface area contributed by atoms with Gasteiger partial charge in [-0.15, -0.1) is 0 Å². The lowest BCUT2D eigenvalue weighted by Crippen LogP contribution is -2.03. The van der Waals surface area contributed by atoms with Gasteiger partial charge in [-0.1, -0.05) is 41.9 Å². The number of pyridine rings is 1. The van der Waals surface area contributed by atoms with Crippen LogP contribution in [-0.2, 0) is 0 Å². The van der Waals surface area contributed by atoms with Crippen LogP contribution in [0.4, 0.5) is 0 Å². The molecule has 0 spiro atoms. The molecule has 0 fully saturated rings. The number of nitrogens with one attached hydrogen (secondary N) is 1. The highest BCUT2D eigenvalue weighted by Crippen LogP contribution is 2.23. The van der Waals surface area contributed by atoms with Gasteiger partial charge in [-0.25, -0.2) is 0 Å². The van der Waals surface area contributed by atoms with Crippen LogP contribution in [0.25, 0.3) is 11.1 Å². The van der Waals surface area contributed by atoms with Crippen LogP contribution in [0, 0.1) is 0 Å². The molecule has 0 bridgehead atoms. The average Bonchev–Trinajstić information content (AvgIpc) is 2.19. The molecule has 0 saturated carbocycles. The highest BCUT2D eigenvalue weighted by atomic mass is 35.5. The SMILES string of the molecule is O=c1ccc(-c2ccccc2)c(Cl)[nH]1. The summed E-state index contributed by atoms with van der Waals surface area (Å²) in [6.45, 7) is 0. The van der Waals surface area contributed by atoms with Gasteiger partial charge in [0.2, 0.25) is 5.56 Å². The number of hydrogen-bond donors (Lipinski definition) is 1. The molecule has 0 atom stereocenters. The molecule has 14 heavy (non-hydrogen) atoms. The number of rotatable bonds is 1. The number of aromatic nitrogens is 1. The molecule has 1 aromatic carbocycles. The van der Waals surface area contributed by atoms with Crippen molar-refractivity contribution in [3.8, 4) is 11.1 Å². The average molecular weight is 206 g/mol. The number of aromatic amines is 1. The van der Waals surface area contributed by atoms with E-state index >= 15 is 0 Å². The monoisotopic (exact) mass is 205 g/mol. The normalized spacial score (nSPS) is 10.1. The molecule has 2 rings (SSSR count). The van der Waals surface area contributed by atoms with Crippen LogP contribution in [-0.4, -0.2) is 4.98 Å². The quantitative estimate of drug-likeness (QED) is 0.714. The predicted molar refractivity (Wildman–Crippen MR) is 57.5 cm³/mol. The van der Waals surface area contributed by atoms with Crippen LogP contribution in [0.5, 0.6) is 0 Å². The van der Waals surface area contributed by atoms with E-state index in [1.165, 1.54) is 6.07 Å². The molecule has 0 unspecified atom stereocenters. The third-order valence-corrected chi connectivity index (χ3v) is 2.25. The Kier molecular flexibility index (Phi) is 2.37. The standard InChI is InChI=1S/C11H8ClNO/c12-11-9(6-7-10(14)13-11)8-4-2-1-3-5-8/h1-7H,(H,13,14). The minimum Gasteiger partial charge on any atom is -0.312 e. The summed E-state index contributed by atoms with van der Waals surface area (Å²) in [6.07, 6.45) is 0. The van der Waals surface area contributed by atoms with E-state index in [0.29, 0.717) is 5.15 Å². The second-order valence-electron chi connectivity index (χ2n) is 2.92. The first kappa shape index (κ1) is 9.03. The van der Waals surface area contributed by atoms with E-state index in [1.807, 2.05) is 30.3 Å². The highest BCUT2D eigenvalue weighted by molar-refractivity contribution is 6.32. The molecule has 0 aliphatic heterocycles. The van der Waals surface area contributed by atoms with Crippen molar-refractivity contribution in [2.75, 3.05) is 0 Å². The summed E-state index contributed by atoms with van der Waals surface area (Å²) in [5, 5.41) is 0.378. The molecule has 2 aromatic rings. The van der Waals surface area contributed by atoms with Crippen molar-refractivity contribution in [3.63, 3.8) is 0 Å². The van der Waals surface area contributed by atoms with Crippen LogP contribution in [0.15, 0.2) is 47.3 Å². The predicted octanol–water partition coefficient (Wildman–Crippen LogP) is 2.70. The first-order valence-corrected chi connectivity index (χ1v) is 4.59. The molecule has 1 N–H and O–H groups in total. The molecule has 0 aliphatic carbocycles. The van der Waals surface area contributed by atoms with Crippen LogP contribution in [0.2, 0.25) is 5.15 Å². The van der Waals surface area contributed by atoms with Gasteiger partial charge in [-0.3, -0.25) is 4.79 Å². The molecule has 1 heterocycles. The van der Waals surface area contributed by atoms with Gasteiger partial charge in [-0.2, -0.15) is 0 Å². The largest absolute Gasteiger partial charge is 0.312 e. The zero-order chi connectivity index (χ0) is 9.97. The van der Waals surface area contributed by atoms with Crippen LogP contribution in [0.1, 0.15) is 0 Å². The molecular formula is C11H8ClNO. The van der Waals surface area contributed by atoms with Gasteiger partial charge < -0.3 is 4.98 Å². The van der Waals surface area contributed by atoms with Crippen molar-refractivity contribution < 1.29 is 0 Å². The van der Waals surface area contributed by atoms with Gasteiger partial charge in [0.25, 0.3) is 0 Å². The molecule has 2 nitrogen and oxygen atoms in total. The van der Waals surface area contributed by atoms with Crippen molar-refractivity contribution in [3.05, 3.63) is 58.0 Å². The minimum atomic E-state index is -0.185. The van der Waals surface area contributed by atoms with E-state index in [2.05, 4.69) is 4.98 Å². The summed E-state index contributed by atoms with van der Waals surface area (Å²) in [5.41, 5.74) is 1.65. The van der Waals surface area contributed by atoms with Crippen LogP contribution < -0.4 is 5.56 Å². The second kappa shape index (κ2) is 3.68. The Labute approximate surface area is 86.2 Å². The lowest BCUT2D eigenvalue weighted by atomic mass is 10.1. The highest BCUT2D eigenvalue weighted by Gasteiger charge is 2.02. The topological polar surface area (TPSA) is 32.9 Å². The molecule has 1 aromatic heterocycles. The summed E-state index contributed by atoms with van der Waals surface area (Å²) in [6, 6.07) is 12.9. The Morgan fingerprint density at radius 1 is 1.00 bits per heavy atom. The molecular weight excluding hydrogens is 198 g/mol. The first-order chi connectivity index (χ1) is 6.77. The van der Waals surface area contributed by atoms with E-state index in [4.69, 9.17) is 11.6 Å². The van der Waals surface area contributed by atoms with Crippen LogP contribution >= 0.6 is 11.6 Å². The van der Waals surface area contributed by atoms with Crippen LogP contribution in [0.3, 0.4) is 0 Å². The Bertz CT molecular complexity index is 490. The van der Waals surface area contributed by atoms with Gasteiger partial charge >= 0.3 is 0 Å². The number of benzene rings is 1. The maximum Gasteiger partial charge on any atom is 0.249 e. The summed E-state index contributed by atoms with van der Waals surface area (Å²) >= 11 is 5.91.